The minimum absolute atomic E-state index is 0.0119. The van der Waals surface area contributed by atoms with Crippen LogP contribution in [0, 0.1) is 5.92 Å². The van der Waals surface area contributed by atoms with E-state index in [0.29, 0.717) is 22.9 Å². The molecule has 1 fully saturated rings. The van der Waals surface area contributed by atoms with Crippen LogP contribution in [0.1, 0.15) is 37.0 Å². The van der Waals surface area contributed by atoms with Crippen LogP contribution in [0.5, 0.6) is 5.75 Å². The molecule has 5 nitrogen and oxygen atoms in total. The third-order valence-electron chi connectivity index (χ3n) is 4.24. The van der Waals surface area contributed by atoms with Gasteiger partial charge in [-0.15, -0.1) is 0 Å². The van der Waals surface area contributed by atoms with Crippen molar-refractivity contribution in [3.05, 3.63) is 23.8 Å². The van der Waals surface area contributed by atoms with Gasteiger partial charge in [-0.3, -0.25) is 9.59 Å². The van der Waals surface area contributed by atoms with Crippen LogP contribution in [0.4, 0.5) is 5.69 Å². The first-order chi connectivity index (χ1) is 10.1. The summed E-state index contributed by atoms with van der Waals surface area (Å²) in [6.45, 7) is 5.46. The molecule has 112 valence electrons. The zero-order valence-electron chi connectivity index (χ0n) is 12.4. The number of nitrogens with one attached hydrogen (secondary N) is 1. The number of likely N-dealkylation sites (tertiary alicyclic amines) is 1. The highest BCUT2D eigenvalue weighted by atomic mass is 16.5. The molecule has 2 aliphatic rings. The van der Waals surface area contributed by atoms with Crippen LogP contribution in [0.3, 0.4) is 0 Å². The van der Waals surface area contributed by atoms with Gasteiger partial charge >= 0.3 is 0 Å². The molecular formula is C16H20N2O3. The Hall–Kier alpha value is -2.04. The van der Waals surface area contributed by atoms with E-state index in [2.05, 4.69) is 12.2 Å². The molecule has 0 saturated carbocycles. The van der Waals surface area contributed by atoms with Crippen molar-refractivity contribution in [1.82, 2.24) is 4.90 Å². The van der Waals surface area contributed by atoms with Crippen LogP contribution in [-0.2, 0) is 4.79 Å². The number of rotatable bonds is 1. The molecule has 0 aliphatic carbocycles. The van der Waals surface area contributed by atoms with E-state index < -0.39 is 6.10 Å². The van der Waals surface area contributed by atoms with Crippen molar-refractivity contribution in [2.75, 3.05) is 18.4 Å². The smallest absolute Gasteiger partial charge is 0.265 e. The zero-order valence-corrected chi connectivity index (χ0v) is 12.4. The van der Waals surface area contributed by atoms with Crippen LogP contribution in [0.25, 0.3) is 0 Å². The van der Waals surface area contributed by atoms with Gasteiger partial charge < -0.3 is 15.0 Å². The maximum absolute atomic E-state index is 12.7. The second-order valence-electron chi connectivity index (χ2n) is 5.91. The second-order valence-corrected chi connectivity index (χ2v) is 5.91. The van der Waals surface area contributed by atoms with Gasteiger partial charge in [-0.2, -0.15) is 0 Å². The fourth-order valence-corrected chi connectivity index (χ4v) is 2.78. The molecule has 1 atom stereocenters. The predicted molar refractivity (Wildman–Crippen MR) is 79.5 cm³/mol. The minimum Gasteiger partial charge on any atom is -0.478 e. The molecule has 1 aromatic rings. The van der Waals surface area contributed by atoms with Crippen molar-refractivity contribution < 1.29 is 14.3 Å². The second kappa shape index (κ2) is 5.39. The van der Waals surface area contributed by atoms with E-state index in [-0.39, 0.29) is 11.8 Å². The Labute approximate surface area is 124 Å². The van der Waals surface area contributed by atoms with E-state index in [1.165, 1.54) is 0 Å². The number of hydrogen-bond donors (Lipinski definition) is 1. The third kappa shape index (κ3) is 2.60. The summed E-state index contributed by atoms with van der Waals surface area (Å²) in [5.74, 6) is 0.975. The predicted octanol–water partition coefficient (Wildman–Crippen LogP) is 2.28. The molecule has 21 heavy (non-hydrogen) atoms. The molecule has 2 heterocycles. The highest BCUT2D eigenvalue weighted by Crippen LogP contribution is 2.34. The van der Waals surface area contributed by atoms with Gasteiger partial charge in [0.05, 0.1) is 11.3 Å². The Morgan fingerprint density at radius 2 is 2.00 bits per heavy atom. The van der Waals surface area contributed by atoms with Crippen LogP contribution in [-0.4, -0.2) is 35.9 Å². The molecule has 3 rings (SSSR count). The van der Waals surface area contributed by atoms with Crippen molar-refractivity contribution in [2.24, 2.45) is 5.92 Å². The van der Waals surface area contributed by atoms with Gasteiger partial charge in [0, 0.05) is 13.1 Å². The first kappa shape index (κ1) is 13.9. The molecule has 0 bridgehead atoms. The van der Waals surface area contributed by atoms with Gasteiger partial charge in [-0.25, -0.2) is 0 Å². The van der Waals surface area contributed by atoms with Crippen molar-refractivity contribution in [3.8, 4) is 5.75 Å². The van der Waals surface area contributed by atoms with Gasteiger partial charge in [-0.05, 0) is 37.8 Å². The quantitative estimate of drug-likeness (QED) is 0.862. The van der Waals surface area contributed by atoms with Gasteiger partial charge in [0.2, 0.25) is 0 Å². The van der Waals surface area contributed by atoms with E-state index in [1.807, 2.05) is 4.90 Å². The maximum atomic E-state index is 12.7. The van der Waals surface area contributed by atoms with E-state index in [0.717, 1.165) is 25.9 Å². The summed E-state index contributed by atoms with van der Waals surface area (Å²) in [6.07, 6.45) is 1.50. The number of anilines is 1. The molecule has 2 aliphatic heterocycles. The van der Waals surface area contributed by atoms with Crippen molar-refractivity contribution >= 4 is 17.5 Å². The molecule has 1 unspecified atom stereocenters. The largest absolute Gasteiger partial charge is 0.478 e. The average Bonchev–Trinajstić information content (AvgIpc) is 2.48. The zero-order chi connectivity index (χ0) is 15.0. The summed E-state index contributed by atoms with van der Waals surface area (Å²) < 4.78 is 5.65. The van der Waals surface area contributed by atoms with E-state index in [1.54, 1.807) is 25.1 Å². The Morgan fingerprint density at radius 1 is 1.29 bits per heavy atom. The number of carbonyl (C=O) groups excluding carboxylic acids is 2. The lowest BCUT2D eigenvalue weighted by Gasteiger charge is -2.32. The Kier molecular flexibility index (Phi) is 3.57. The van der Waals surface area contributed by atoms with E-state index in [9.17, 15) is 9.59 Å². The molecular weight excluding hydrogens is 268 g/mol. The molecule has 1 saturated heterocycles. The average molecular weight is 288 g/mol. The highest BCUT2D eigenvalue weighted by molar-refractivity contribution is 6.04. The summed E-state index contributed by atoms with van der Waals surface area (Å²) >= 11 is 0. The first-order valence-electron chi connectivity index (χ1n) is 7.46. The Balaban J connectivity index is 1.87. The van der Waals surface area contributed by atoms with Crippen LogP contribution in [0.15, 0.2) is 18.2 Å². The van der Waals surface area contributed by atoms with E-state index in [4.69, 9.17) is 4.74 Å². The number of fused-ring (bicyclic) bond motifs is 1. The SMILES string of the molecule is CC1CCN(C(=O)c2cccc3c2OC(C)C(=O)N3)CC1. The van der Waals surface area contributed by atoms with Crippen molar-refractivity contribution in [1.29, 1.82) is 0 Å². The number of amides is 2. The number of hydrogen-bond acceptors (Lipinski definition) is 3. The first-order valence-corrected chi connectivity index (χ1v) is 7.46. The Morgan fingerprint density at radius 3 is 2.71 bits per heavy atom. The molecule has 1 N–H and O–H groups in total. The lowest BCUT2D eigenvalue weighted by molar-refractivity contribution is -0.122. The van der Waals surface area contributed by atoms with Gasteiger partial charge in [0.15, 0.2) is 11.9 Å². The summed E-state index contributed by atoms with van der Waals surface area (Å²) in [5, 5.41) is 2.78. The van der Waals surface area contributed by atoms with E-state index >= 15 is 0 Å². The Bertz CT molecular complexity index is 577. The molecule has 0 spiro atoms. The molecule has 0 radical (unpaired) electrons. The van der Waals surface area contributed by atoms with Crippen LogP contribution in [0.2, 0.25) is 0 Å². The summed E-state index contributed by atoms with van der Waals surface area (Å²) in [5.41, 5.74) is 1.11. The molecule has 5 heteroatoms. The number of ether oxygens (including phenoxy) is 1. The summed E-state index contributed by atoms with van der Waals surface area (Å²) in [4.78, 5) is 26.2. The fraction of sp³-hybridized carbons (Fsp3) is 0.500. The lowest BCUT2D eigenvalue weighted by Crippen LogP contribution is -2.39. The van der Waals surface area contributed by atoms with Gasteiger partial charge in [0.1, 0.15) is 0 Å². The summed E-state index contributed by atoms with van der Waals surface area (Å²) in [6, 6.07) is 5.30. The van der Waals surface area contributed by atoms with Gasteiger partial charge in [-0.1, -0.05) is 13.0 Å². The maximum Gasteiger partial charge on any atom is 0.265 e. The lowest BCUT2D eigenvalue weighted by atomic mass is 9.98. The van der Waals surface area contributed by atoms with Crippen LogP contribution >= 0.6 is 0 Å². The van der Waals surface area contributed by atoms with Gasteiger partial charge in [0.25, 0.3) is 11.8 Å². The topological polar surface area (TPSA) is 58.6 Å². The minimum atomic E-state index is -0.576. The number of para-hydroxylation sites is 1. The number of nitrogens with zero attached hydrogens (tertiary/aromatic N) is 1. The highest BCUT2D eigenvalue weighted by Gasteiger charge is 2.30. The number of carbonyl (C=O) groups is 2. The van der Waals surface area contributed by atoms with Crippen molar-refractivity contribution in [2.45, 2.75) is 32.8 Å². The third-order valence-corrected chi connectivity index (χ3v) is 4.24. The monoisotopic (exact) mass is 288 g/mol. The fourth-order valence-electron chi connectivity index (χ4n) is 2.78. The van der Waals surface area contributed by atoms with Crippen molar-refractivity contribution in [3.63, 3.8) is 0 Å². The normalized spacial score (nSPS) is 22.3. The van der Waals surface area contributed by atoms with Crippen LogP contribution < -0.4 is 10.1 Å². The number of benzene rings is 1. The number of piperidine rings is 1. The molecule has 0 aromatic heterocycles. The standard InChI is InChI=1S/C16H20N2O3/c1-10-6-8-18(9-7-10)16(20)12-4-3-5-13-14(12)21-11(2)15(19)17-13/h3-5,10-11H,6-9H2,1-2H3,(H,17,19). The molecule has 1 aromatic carbocycles. The summed E-state index contributed by atoms with van der Waals surface area (Å²) in [7, 11) is 0. The molecule has 2 amide bonds.